The number of hydrogen-bond donors (Lipinski definition) is 1. The highest BCUT2D eigenvalue weighted by molar-refractivity contribution is 5.78. The maximum absolute atomic E-state index is 14.4. The average Bonchev–Trinajstić information content (AvgIpc) is 2.85. The zero-order valence-electron chi connectivity index (χ0n) is 11.3. The Labute approximate surface area is 121 Å². The summed E-state index contributed by atoms with van der Waals surface area (Å²) < 4.78 is 16.1. The Kier molecular flexibility index (Phi) is 3.38. The van der Waals surface area contributed by atoms with Crippen molar-refractivity contribution in [2.24, 2.45) is 5.73 Å². The highest BCUT2D eigenvalue weighted by Crippen LogP contribution is 2.24. The molecule has 0 fully saturated rings. The molecule has 3 aromatic rings. The molecule has 0 unspecified atom stereocenters. The van der Waals surface area contributed by atoms with Crippen LogP contribution in [-0.4, -0.2) is 9.55 Å². The van der Waals surface area contributed by atoms with Gasteiger partial charge in [0.2, 0.25) is 0 Å². The molecule has 0 saturated carbocycles. The fourth-order valence-corrected chi connectivity index (χ4v) is 2.39. The Bertz CT molecular complexity index is 845. The van der Waals surface area contributed by atoms with E-state index in [4.69, 9.17) is 11.0 Å². The highest BCUT2D eigenvalue weighted by atomic mass is 19.1. The molecule has 0 aliphatic heterocycles. The number of fused-ring (bicyclic) bond motifs is 1. The molecule has 4 nitrogen and oxygen atoms in total. The summed E-state index contributed by atoms with van der Waals surface area (Å²) in [6.07, 6.45) is 0.118. The standard InChI is InChI=1S/C16H13FN4/c17-12-9-11(10-19)5-6-14(12)21-15-4-2-1-3-13(15)20-16(21)7-8-18/h1-6,9H,7,10,19H2. The molecular formula is C16H13FN4. The van der Waals surface area contributed by atoms with Gasteiger partial charge in [-0.3, -0.25) is 4.57 Å². The molecule has 1 aromatic heterocycles. The van der Waals surface area contributed by atoms with Crippen molar-refractivity contribution in [2.75, 3.05) is 0 Å². The van der Waals surface area contributed by atoms with E-state index in [-0.39, 0.29) is 18.8 Å². The lowest BCUT2D eigenvalue weighted by atomic mass is 10.2. The van der Waals surface area contributed by atoms with Crippen molar-refractivity contribution >= 4 is 11.0 Å². The summed E-state index contributed by atoms with van der Waals surface area (Å²) in [5, 5.41) is 8.95. The summed E-state index contributed by atoms with van der Waals surface area (Å²) in [5.74, 6) is 0.151. The van der Waals surface area contributed by atoms with Crippen LogP contribution in [0.25, 0.3) is 16.7 Å². The van der Waals surface area contributed by atoms with E-state index in [1.54, 1.807) is 16.7 Å². The minimum atomic E-state index is -0.375. The lowest BCUT2D eigenvalue weighted by molar-refractivity contribution is 0.615. The van der Waals surface area contributed by atoms with E-state index >= 15 is 0 Å². The summed E-state index contributed by atoms with van der Waals surface area (Å²) in [6.45, 7) is 0.285. The molecule has 0 amide bonds. The molecule has 0 atom stereocenters. The van der Waals surface area contributed by atoms with E-state index in [9.17, 15) is 4.39 Å². The monoisotopic (exact) mass is 280 g/mol. The van der Waals surface area contributed by atoms with Crippen LogP contribution in [0.4, 0.5) is 4.39 Å². The molecule has 104 valence electrons. The van der Waals surface area contributed by atoms with Crippen LogP contribution in [0.3, 0.4) is 0 Å². The summed E-state index contributed by atoms with van der Waals surface area (Å²) in [6, 6.07) is 14.4. The van der Waals surface area contributed by atoms with Crippen molar-refractivity contribution in [1.29, 1.82) is 5.26 Å². The van der Waals surface area contributed by atoms with Gasteiger partial charge in [0, 0.05) is 6.54 Å². The van der Waals surface area contributed by atoms with Crippen LogP contribution in [0.5, 0.6) is 0 Å². The first-order valence-electron chi connectivity index (χ1n) is 6.56. The molecule has 1 heterocycles. The van der Waals surface area contributed by atoms with Crippen LogP contribution in [-0.2, 0) is 13.0 Å². The summed E-state index contributed by atoms with van der Waals surface area (Å²) in [5.41, 5.74) is 8.15. The SMILES string of the molecule is N#CCc1nc2ccccc2n1-c1ccc(CN)cc1F. The van der Waals surface area contributed by atoms with Crippen molar-refractivity contribution in [3.63, 3.8) is 0 Å². The van der Waals surface area contributed by atoms with E-state index in [1.807, 2.05) is 24.3 Å². The van der Waals surface area contributed by atoms with E-state index in [1.165, 1.54) is 6.07 Å². The topological polar surface area (TPSA) is 67.6 Å². The number of hydrogen-bond acceptors (Lipinski definition) is 3. The molecule has 2 aromatic carbocycles. The number of nitrogens with two attached hydrogens (primary N) is 1. The zero-order valence-corrected chi connectivity index (χ0v) is 11.3. The zero-order chi connectivity index (χ0) is 14.8. The number of nitrogens with zero attached hydrogens (tertiary/aromatic N) is 3. The normalized spacial score (nSPS) is 10.7. The molecular weight excluding hydrogens is 267 g/mol. The Morgan fingerprint density at radius 1 is 1.24 bits per heavy atom. The van der Waals surface area contributed by atoms with E-state index in [2.05, 4.69) is 11.1 Å². The number of rotatable bonds is 3. The highest BCUT2D eigenvalue weighted by Gasteiger charge is 2.15. The minimum absolute atomic E-state index is 0.118. The fourth-order valence-electron chi connectivity index (χ4n) is 2.39. The third-order valence-corrected chi connectivity index (χ3v) is 3.36. The molecule has 21 heavy (non-hydrogen) atoms. The Morgan fingerprint density at radius 2 is 2.05 bits per heavy atom. The first kappa shape index (κ1) is 13.3. The van der Waals surface area contributed by atoms with E-state index < -0.39 is 0 Å². The van der Waals surface area contributed by atoms with Crippen LogP contribution in [0.15, 0.2) is 42.5 Å². The molecule has 0 radical (unpaired) electrons. The fraction of sp³-hybridized carbons (Fsp3) is 0.125. The second-order valence-electron chi connectivity index (χ2n) is 4.68. The van der Waals surface area contributed by atoms with Gasteiger partial charge in [0.1, 0.15) is 11.6 Å². The molecule has 2 N–H and O–H groups in total. The molecule has 0 aliphatic rings. The molecule has 0 spiro atoms. The van der Waals surface area contributed by atoms with Gasteiger partial charge >= 0.3 is 0 Å². The predicted octanol–water partition coefficient (Wildman–Crippen LogP) is 2.69. The van der Waals surface area contributed by atoms with Gasteiger partial charge in [-0.25, -0.2) is 9.37 Å². The largest absolute Gasteiger partial charge is 0.326 e. The lowest BCUT2D eigenvalue weighted by Gasteiger charge is -2.10. The number of halogens is 1. The van der Waals surface area contributed by atoms with Gasteiger partial charge in [0.25, 0.3) is 0 Å². The van der Waals surface area contributed by atoms with Gasteiger partial charge in [-0.2, -0.15) is 5.26 Å². The number of imidazole rings is 1. The maximum Gasteiger partial charge on any atom is 0.147 e. The van der Waals surface area contributed by atoms with Crippen molar-refractivity contribution in [3.05, 3.63) is 59.7 Å². The number of nitriles is 1. The van der Waals surface area contributed by atoms with Crippen LogP contribution in [0, 0.1) is 17.1 Å². The average molecular weight is 280 g/mol. The Morgan fingerprint density at radius 3 is 2.76 bits per heavy atom. The minimum Gasteiger partial charge on any atom is -0.326 e. The van der Waals surface area contributed by atoms with Gasteiger partial charge < -0.3 is 5.73 Å². The van der Waals surface area contributed by atoms with Crippen molar-refractivity contribution in [3.8, 4) is 11.8 Å². The van der Waals surface area contributed by atoms with Crippen molar-refractivity contribution in [1.82, 2.24) is 9.55 Å². The van der Waals surface area contributed by atoms with Crippen LogP contribution in [0.1, 0.15) is 11.4 Å². The third kappa shape index (κ3) is 2.26. The molecule has 5 heteroatoms. The second-order valence-corrected chi connectivity index (χ2v) is 4.68. The second kappa shape index (κ2) is 5.35. The Balaban J connectivity index is 2.28. The summed E-state index contributed by atoms with van der Waals surface area (Å²) >= 11 is 0. The lowest BCUT2D eigenvalue weighted by Crippen LogP contribution is -2.05. The van der Waals surface area contributed by atoms with Crippen molar-refractivity contribution < 1.29 is 4.39 Å². The number of para-hydroxylation sites is 2. The molecule has 3 rings (SSSR count). The molecule has 0 aliphatic carbocycles. The van der Waals surface area contributed by atoms with Crippen LogP contribution in [0.2, 0.25) is 0 Å². The molecule has 0 saturated heterocycles. The van der Waals surface area contributed by atoms with E-state index in [0.29, 0.717) is 11.5 Å². The smallest absolute Gasteiger partial charge is 0.147 e. The third-order valence-electron chi connectivity index (χ3n) is 3.36. The van der Waals surface area contributed by atoms with Crippen LogP contribution >= 0.6 is 0 Å². The van der Waals surface area contributed by atoms with E-state index in [0.717, 1.165) is 16.6 Å². The van der Waals surface area contributed by atoms with Crippen molar-refractivity contribution in [2.45, 2.75) is 13.0 Å². The quantitative estimate of drug-likeness (QED) is 0.802. The maximum atomic E-state index is 14.4. The van der Waals surface area contributed by atoms with Gasteiger partial charge in [0.15, 0.2) is 0 Å². The van der Waals surface area contributed by atoms with Crippen LogP contribution < -0.4 is 5.73 Å². The number of aromatic nitrogens is 2. The predicted molar refractivity (Wildman–Crippen MR) is 78.2 cm³/mol. The summed E-state index contributed by atoms with van der Waals surface area (Å²) in [4.78, 5) is 4.41. The van der Waals surface area contributed by atoms with Gasteiger partial charge in [0.05, 0.1) is 29.2 Å². The van der Waals surface area contributed by atoms with Gasteiger partial charge in [-0.15, -0.1) is 0 Å². The first-order valence-corrected chi connectivity index (χ1v) is 6.56. The van der Waals surface area contributed by atoms with Gasteiger partial charge in [-0.05, 0) is 29.8 Å². The molecule has 0 bridgehead atoms. The van der Waals surface area contributed by atoms with Gasteiger partial charge in [-0.1, -0.05) is 18.2 Å². The number of benzene rings is 2. The summed E-state index contributed by atoms with van der Waals surface area (Å²) in [7, 11) is 0. The Hall–Kier alpha value is -2.71. The first-order chi connectivity index (χ1) is 10.2.